The van der Waals surface area contributed by atoms with Gasteiger partial charge in [-0.1, -0.05) is 42.3 Å². The molecule has 0 spiro atoms. The average Bonchev–Trinajstić information content (AvgIpc) is 3.87. The molecular formula is C36H41F2N7O8S. The number of alkyl halides is 2. The fourth-order valence-electron chi connectivity index (χ4n) is 7.02. The van der Waals surface area contributed by atoms with Crippen LogP contribution in [0.1, 0.15) is 87.8 Å². The van der Waals surface area contributed by atoms with Gasteiger partial charge in [0.1, 0.15) is 30.0 Å². The summed E-state index contributed by atoms with van der Waals surface area (Å²) in [5.41, 5.74) is -1.91. The van der Waals surface area contributed by atoms with Crippen LogP contribution in [0.25, 0.3) is 11.0 Å². The summed E-state index contributed by atoms with van der Waals surface area (Å²) in [6.07, 6.45) is 7.29. The van der Waals surface area contributed by atoms with E-state index in [4.69, 9.17) is 9.26 Å². The maximum Gasteiger partial charge on any atom is 0.292 e. The van der Waals surface area contributed by atoms with Crippen molar-refractivity contribution in [2.24, 2.45) is 5.92 Å². The van der Waals surface area contributed by atoms with Crippen LogP contribution >= 0.6 is 0 Å². The summed E-state index contributed by atoms with van der Waals surface area (Å²) in [6, 6.07) is 5.30. The van der Waals surface area contributed by atoms with E-state index in [9.17, 15) is 36.4 Å². The second-order valence-corrected chi connectivity index (χ2v) is 17.1. The van der Waals surface area contributed by atoms with Gasteiger partial charge in [0.15, 0.2) is 11.4 Å². The molecule has 18 heteroatoms. The van der Waals surface area contributed by atoms with Crippen LogP contribution in [0.3, 0.4) is 0 Å². The highest BCUT2D eigenvalue weighted by Gasteiger charge is 2.63. The average molecular weight is 770 g/mol. The molecule has 3 N–H and O–H groups in total. The number of fused-ring (bicyclic) bond motifs is 3. The van der Waals surface area contributed by atoms with Crippen molar-refractivity contribution in [2.45, 2.75) is 106 Å². The Labute approximate surface area is 309 Å². The van der Waals surface area contributed by atoms with Crippen LogP contribution in [0, 0.1) is 5.92 Å². The Morgan fingerprint density at radius 2 is 1.83 bits per heavy atom. The van der Waals surface area contributed by atoms with Crippen molar-refractivity contribution < 1.29 is 45.6 Å². The zero-order valence-corrected chi connectivity index (χ0v) is 30.5. The summed E-state index contributed by atoms with van der Waals surface area (Å²) in [4.78, 5) is 65.3. The van der Waals surface area contributed by atoms with E-state index in [0.29, 0.717) is 39.0 Å². The van der Waals surface area contributed by atoms with Crippen LogP contribution in [-0.2, 0) is 30.3 Å². The van der Waals surface area contributed by atoms with Crippen LogP contribution in [0.15, 0.2) is 53.3 Å². The molecule has 1 saturated heterocycles. The molecule has 4 heterocycles. The van der Waals surface area contributed by atoms with Crippen LogP contribution < -0.4 is 20.1 Å². The van der Waals surface area contributed by atoms with E-state index >= 15 is 0 Å². The lowest BCUT2D eigenvalue weighted by Crippen LogP contribution is -2.58. The number of nitrogens with one attached hydrogen (secondary N) is 3. The summed E-state index contributed by atoms with van der Waals surface area (Å²) >= 11 is 0. The van der Waals surface area contributed by atoms with Gasteiger partial charge in [0.2, 0.25) is 27.7 Å². The first-order valence-corrected chi connectivity index (χ1v) is 19.5. The molecule has 2 aliphatic heterocycles. The molecule has 1 aromatic carbocycles. The Morgan fingerprint density at radius 1 is 1.09 bits per heavy atom. The topological polar surface area (TPSA) is 203 Å². The molecule has 15 nitrogen and oxygen atoms in total. The number of sulfonamides is 1. The summed E-state index contributed by atoms with van der Waals surface area (Å²) in [6.45, 7) is 1.93. The first-order chi connectivity index (χ1) is 25.6. The highest BCUT2D eigenvalue weighted by Crippen LogP contribution is 2.47. The third kappa shape index (κ3) is 7.39. The molecule has 54 heavy (non-hydrogen) atoms. The predicted octanol–water partition coefficient (Wildman–Crippen LogP) is 3.27. The van der Waals surface area contributed by atoms with Gasteiger partial charge >= 0.3 is 0 Å². The Kier molecular flexibility index (Phi) is 9.68. The lowest BCUT2D eigenvalue weighted by Gasteiger charge is -2.30. The summed E-state index contributed by atoms with van der Waals surface area (Å²) < 4.78 is 68.0. The summed E-state index contributed by atoms with van der Waals surface area (Å²) in [5, 5.41) is 9.13. The lowest BCUT2D eigenvalue weighted by molar-refractivity contribution is -0.141. The third-order valence-corrected chi connectivity index (χ3v) is 12.8. The number of hydrogen-bond acceptors (Lipinski definition) is 11. The number of hydrogen-bond donors (Lipinski definition) is 3. The van der Waals surface area contributed by atoms with E-state index in [1.165, 1.54) is 23.3 Å². The van der Waals surface area contributed by atoms with Crippen molar-refractivity contribution >= 4 is 44.7 Å². The molecule has 288 valence electrons. The molecule has 3 fully saturated rings. The van der Waals surface area contributed by atoms with Gasteiger partial charge in [-0.25, -0.2) is 18.4 Å². The van der Waals surface area contributed by atoms with Gasteiger partial charge in [-0.2, -0.15) is 8.78 Å². The van der Waals surface area contributed by atoms with Gasteiger partial charge in [-0.05, 0) is 57.6 Å². The summed E-state index contributed by atoms with van der Waals surface area (Å²) in [7, 11) is -4.05. The highest BCUT2D eigenvalue weighted by atomic mass is 32.2. The van der Waals surface area contributed by atoms with E-state index in [0.717, 1.165) is 6.42 Å². The molecule has 0 radical (unpaired) electrons. The standard InChI is InChI=1S/C36H41F2N7O8S/c1-34(15-16-34)54(50,51)44-33(49)36-19-21(36)10-6-4-3-5-7-13-26(40-29(46)25-14-17-52-43-25)32(48)45-20-22(18-27(45)30(47)42-36)53-31-28(35(2,37)38)39-23-11-8-9-12-24(23)41-31/h6,8-12,14,17,21-22,26-27H,3-5,7,13,15-16,18-20H2,1-2H3,(H,40,46)(H,42,47)(H,44,49)/b10-6-/t21-,22-,26+,27+,36-/m1/s1. The first kappa shape index (κ1) is 37.3. The Morgan fingerprint density at radius 3 is 2.52 bits per heavy atom. The van der Waals surface area contributed by atoms with Crippen LogP contribution in [0.5, 0.6) is 5.88 Å². The number of benzene rings is 1. The molecule has 0 bridgehead atoms. The van der Waals surface area contributed by atoms with Crippen molar-refractivity contribution in [1.82, 2.24) is 35.4 Å². The highest BCUT2D eigenvalue weighted by molar-refractivity contribution is 7.91. The number of nitrogens with zero attached hydrogens (tertiary/aromatic N) is 4. The van der Waals surface area contributed by atoms with Crippen molar-refractivity contribution in [1.29, 1.82) is 0 Å². The molecule has 2 aliphatic carbocycles. The first-order valence-electron chi connectivity index (χ1n) is 18.0. The monoisotopic (exact) mass is 769 g/mol. The Hall–Kier alpha value is -5.00. The number of ether oxygens (including phenoxy) is 1. The molecule has 4 amide bonds. The molecule has 4 aliphatic rings. The number of carbonyl (C=O) groups is 4. The van der Waals surface area contributed by atoms with Crippen molar-refractivity contribution in [2.75, 3.05) is 6.54 Å². The number of halogens is 2. The second kappa shape index (κ2) is 14.0. The number of allylic oxidation sites excluding steroid dienone is 1. The Balaban J connectivity index is 1.22. The molecule has 3 aromatic rings. The fourth-order valence-corrected chi connectivity index (χ4v) is 8.33. The molecule has 2 saturated carbocycles. The maximum absolute atomic E-state index is 14.9. The minimum atomic E-state index is -4.05. The second-order valence-electron chi connectivity index (χ2n) is 14.9. The van der Waals surface area contributed by atoms with E-state index in [2.05, 4.69) is 30.5 Å². The van der Waals surface area contributed by atoms with Crippen LogP contribution in [-0.4, -0.2) is 87.1 Å². The number of para-hydroxylation sites is 2. The third-order valence-electron chi connectivity index (χ3n) is 10.7. The van der Waals surface area contributed by atoms with Crippen molar-refractivity contribution in [3.05, 3.63) is 60.1 Å². The predicted molar refractivity (Wildman–Crippen MR) is 187 cm³/mol. The molecule has 7 rings (SSSR count). The van der Waals surface area contributed by atoms with E-state index in [1.54, 1.807) is 31.2 Å². The van der Waals surface area contributed by atoms with Gasteiger partial charge in [0.05, 0.1) is 22.3 Å². The zero-order valence-electron chi connectivity index (χ0n) is 29.7. The molecular weight excluding hydrogens is 728 g/mol. The largest absolute Gasteiger partial charge is 0.471 e. The maximum atomic E-state index is 14.9. The molecule has 2 aromatic heterocycles. The quantitative estimate of drug-likeness (QED) is 0.284. The van der Waals surface area contributed by atoms with Gasteiger partial charge in [-0.3, -0.25) is 23.9 Å². The van der Waals surface area contributed by atoms with Gasteiger partial charge in [0.25, 0.3) is 17.7 Å². The van der Waals surface area contributed by atoms with Gasteiger partial charge in [0, 0.05) is 25.3 Å². The zero-order chi connectivity index (χ0) is 38.5. The minimum absolute atomic E-state index is 0.0635. The van der Waals surface area contributed by atoms with E-state index < -0.39 is 85.5 Å². The lowest BCUT2D eigenvalue weighted by atomic mass is 10.0. The number of rotatable bonds is 8. The van der Waals surface area contributed by atoms with E-state index in [1.807, 2.05) is 6.08 Å². The SMILES string of the molecule is CC(F)(F)c1nc2ccccc2nc1O[C@@H]1C[C@H]2C(=O)N[C@]3(C(=O)NS(=O)(=O)C4(C)CC4)C[C@H]3/C=C\CCCCC[C@H](NC(=O)c3ccon3)C(=O)N2C1. The number of carbonyl (C=O) groups excluding carboxylic acids is 4. The fraction of sp³-hybridized carbons (Fsp3) is 0.528. The van der Waals surface area contributed by atoms with Gasteiger partial charge in [-0.15, -0.1) is 0 Å². The number of amides is 4. The molecule has 5 atom stereocenters. The van der Waals surface area contributed by atoms with Gasteiger partial charge < -0.3 is 24.8 Å². The summed E-state index contributed by atoms with van der Waals surface area (Å²) in [5.74, 6) is -7.46. The Bertz CT molecular complexity index is 2100. The molecule has 0 unspecified atom stereocenters. The minimum Gasteiger partial charge on any atom is -0.471 e. The normalized spacial score (nSPS) is 27.7. The smallest absolute Gasteiger partial charge is 0.292 e. The van der Waals surface area contributed by atoms with Crippen LogP contribution in [0.2, 0.25) is 0 Å². The van der Waals surface area contributed by atoms with Crippen molar-refractivity contribution in [3.63, 3.8) is 0 Å². The van der Waals surface area contributed by atoms with Crippen molar-refractivity contribution in [3.8, 4) is 5.88 Å². The van der Waals surface area contributed by atoms with E-state index in [-0.39, 0.29) is 42.5 Å². The number of aromatic nitrogens is 3. The van der Waals surface area contributed by atoms with Crippen LogP contribution in [0.4, 0.5) is 8.78 Å².